The minimum Gasteiger partial charge on any atom is -0.508 e. The number of methoxy groups -OCH3 is 1. The van der Waals surface area contributed by atoms with Crippen LogP contribution in [-0.2, 0) is 0 Å². The van der Waals surface area contributed by atoms with Gasteiger partial charge in [-0.25, -0.2) is 0 Å². The molecule has 0 unspecified atom stereocenters. The monoisotopic (exact) mass is 782 g/mol. The van der Waals surface area contributed by atoms with Crippen molar-refractivity contribution in [3.8, 4) is 23.0 Å². The van der Waals surface area contributed by atoms with Crippen LogP contribution in [0.1, 0.15) is 67.9 Å². The van der Waals surface area contributed by atoms with Crippen LogP contribution in [0.4, 0.5) is 17.1 Å². The molecule has 3 aromatic rings. The fraction of sp³-hybridized carbons (Fsp3) is 0.333. The second-order valence-electron chi connectivity index (χ2n) is 15.6. The number of aromatic hydroxyl groups is 1. The van der Waals surface area contributed by atoms with Crippen molar-refractivity contribution in [1.82, 2.24) is 14.7 Å². The maximum absolute atomic E-state index is 13.2. The van der Waals surface area contributed by atoms with Crippen LogP contribution in [0.3, 0.4) is 0 Å². The first kappa shape index (κ1) is 38.4. The number of phenols is 1. The van der Waals surface area contributed by atoms with Crippen LogP contribution < -0.4 is 14.2 Å². The lowest BCUT2D eigenvalue weighted by molar-refractivity contribution is 0.0770. The third kappa shape index (κ3) is 7.28. The van der Waals surface area contributed by atoms with Gasteiger partial charge in [0.25, 0.3) is 17.7 Å². The SMILES string of the molecule is C=C1C[C@H]2C=Nc3cc(O)c(C)cc3C(=O)N2C1.C=C1C[C@H]2C=Nc3cc(OCCCOc4cc5c(cc4OC)C(=O)N4CC(=C)C[C@H]4C=N5)c(C)cc3C(=O)N2C1. The highest BCUT2D eigenvalue weighted by molar-refractivity contribution is 6.05. The Morgan fingerprint density at radius 3 is 1.50 bits per heavy atom. The van der Waals surface area contributed by atoms with Gasteiger partial charge in [0.15, 0.2) is 11.5 Å². The van der Waals surface area contributed by atoms with Gasteiger partial charge in [-0.3, -0.25) is 29.4 Å². The van der Waals surface area contributed by atoms with Gasteiger partial charge in [-0.1, -0.05) is 36.5 Å². The maximum Gasteiger partial charge on any atom is 0.257 e. The number of benzene rings is 3. The fourth-order valence-corrected chi connectivity index (χ4v) is 8.11. The van der Waals surface area contributed by atoms with Crippen molar-refractivity contribution in [2.24, 2.45) is 15.0 Å². The van der Waals surface area contributed by atoms with Crippen molar-refractivity contribution in [1.29, 1.82) is 0 Å². The van der Waals surface area contributed by atoms with E-state index in [-0.39, 0.29) is 41.6 Å². The van der Waals surface area contributed by atoms with Crippen molar-refractivity contribution < 1.29 is 33.7 Å². The zero-order valence-electron chi connectivity index (χ0n) is 33.0. The van der Waals surface area contributed by atoms with E-state index in [1.54, 1.807) is 54.3 Å². The first-order valence-corrected chi connectivity index (χ1v) is 19.4. The lowest BCUT2D eigenvalue weighted by Crippen LogP contribution is -2.35. The first-order chi connectivity index (χ1) is 27.9. The van der Waals surface area contributed by atoms with E-state index < -0.39 is 0 Å². The summed E-state index contributed by atoms with van der Waals surface area (Å²) in [5.41, 5.74) is 8.05. The minimum absolute atomic E-state index is 0.000140. The van der Waals surface area contributed by atoms with Gasteiger partial charge in [0, 0.05) is 62.9 Å². The summed E-state index contributed by atoms with van der Waals surface area (Å²) < 4.78 is 17.6. The topological polar surface area (TPSA) is 146 Å². The molecule has 0 spiro atoms. The molecular weight excluding hydrogens is 737 g/mol. The Hall–Kier alpha value is -6.50. The fourth-order valence-electron chi connectivity index (χ4n) is 8.11. The molecule has 6 heterocycles. The molecule has 1 N–H and O–H groups in total. The number of carbonyl (C=O) groups is 3. The van der Waals surface area contributed by atoms with Crippen LogP contribution >= 0.6 is 0 Å². The largest absolute Gasteiger partial charge is 0.508 e. The molecule has 3 saturated heterocycles. The van der Waals surface area contributed by atoms with E-state index in [1.807, 2.05) is 36.4 Å². The summed E-state index contributed by atoms with van der Waals surface area (Å²) in [7, 11) is 1.55. The molecule has 0 saturated carbocycles. The van der Waals surface area contributed by atoms with E-state index in [2.05, 4.69) is 34.7 Å². The molecule has 9 rings (SSSR count). The Kier molecular flexibility index (Phi) is 10.2. The van der Waals surface area contributed by atoms with Crippen LogP contribution in [0.25, 0.3) is 0 Å². The van der Waals surface area contributed by atoms with E-state index in [0.717, 1.165) is 41.5 Å². The summed E-state index contributed by atoms with van der Waals surface area (Å²) in [5, 5.41) is 9.69. The average molecular weight is 783 g/mol. The highest BCUT2D eigenvalue weighted by atomic mass is 16.5. The van der Waals surface area contributed by atoms with E-state index >= 15 is 0 Å². The summed E-state index contributed by atoms with van der Waals surface area (Å²) in [6, 6.07) is 10.3. The third-order valence-electron chi connectivity index (χ3n) is 11.2. The Morgan fingerprint density at radius 2 is 1.02 bits per heavy atom. The van der Waals surface area contributed by atoms with Crippen molar-refractivity contribution in [2.45, 2.75) is 57.7 Å². The van der Waals surface area contributed by atoms with Gasteiger partial charge < -0.3 is 34.0 Å². The van der Waals surface area contributed by atoms with Crippen LogP contribution in [0, 0.1) is 13.8 Å². The van der Waals surface area contributed by atoms with Gasteiger partial charge in [0.05, 0.1) is 72.2 Å². The van der Waals surface area contributed by atoms with Gasteiger partial charge in [0.2, 0.25) is 0 Å². The Balaban J connectivity index is 0.000000217. The molecule has 3 amide bonds. The summed E-state index contributed by atoms with van der Waals surface area (Å²) >= 11 is 0. The van der Waals surface area contributed by atoms with Gasteiger partial charge in [-0.15, -0.1) is 0 Å². The number of aryl methyl sites for hydroxylation is 2. The molecule has 0 aromatic heterocycles. The number of hydrogen-bond acceptors (Lipinski definition) is 10. The summed E-state index contributed by atoms with van der Waals surface area (Å²) in [6.45, 7) is 18.2. The number of carbonyl (C=O) groups excluding carboxylic acids is 3. The van der Waals surface area contributed by atoms with Crippen molar-refractivity contribution >= 4 is 53.4 Å². The van der Waals surface area contributed by atoms with Gasteiger partial charge in [-0.05, 0) is 62.4 Å². The zero-order chi connectivity index (χ0) is 40.8. The Bertz CT molecular complexity index is 2380. The van der Waals surface area contributed by atoms with Gasteiger partial charge >= 0.3 is 0 Å². The average Bonchev–Trinajstić information content (AvgIpc) is 3.84. The van der Waals surface area contributed by atoms with E-state index in [1.165, 1.54) is 0 Å². The van der Waals surface area contributed by atoms with Crippen molar-refractivity contribution in [2.75, 3.05) is 40.0 Å². The highest BCUT2D eigenvalue weighted by Crippen LogP contribution is 2.39. The number of fused-ring (bicyclic) bond motifs is 6. The molecule has 58 heavy (non-hydrogen) atoms. The summed E-state index contributed by atoms with van der Waals surface area (Å²) in [6.07, 6.45) is 8.28. The molecule has 0 bridgehead atoms. The van der Waals surface area contributed by atoms with Crippen LogP contribution in [0.5, 0.6) is 23.0 Å². The molecule has 13 nitrogen and oxygen atoms in total. The molecular formula is C45H46N6O7. The number of amides is 3. The molecule has 3 aromatic carbocycles. The number of ether oxygens (including phenoxy) is 3. The van der Waals surface area contributed by atoms with E-state index in [0.29, 0.717) is 95.8 Å². The quantitative estimate of drug-likeness (QED) is 0.201. The molecule has 13 heteroatoms. The molecule has 6 aliphatic rings. The number of nitrogens with zero attached hydrogens (tertiary/aromatic N) is 6. The minimum atomic E-state index is -0.0811. The van der Waals surface area contributed by atoms with E-state index in [4.69, 9.17) is 14.2 Å². The lowest BCUT2D eigenvalue weighted by atomic mass is 10.1. The molecule has 3 atom stereocenters. The highest BCUT2D eigenvalue weighted by Gasteiger charge is 2.36. The number of phenolic OH excluding ortho intramolecular Hbond substituents is 1. The lowest BCUT2D eigenvalue weighted by Gasteiger charge is -2.20. The predicted molar refractivity (Wildman–Crippen MR) is 223 cm³/mol. The second-order valence-corrected chi connectivity index (χ2v) is 15.6. The predicted octanol–water partition coefficient (Wildman–Crippen LogP) is 7.01. The molecule has 3 fully saturated rings. The van der Waals surface area contributed by atoms with Crippen LogP contribution in [0.15, 0.2) is 87.8 Å². The zero-order valence-corrected chi connectivity index (χ0v) is 33.0. The number of rotatable bonds is 7. The second kappa shape index (κ2) is 15.4. The summed E-state index contributed by atoms with van der Waals surface area (Å²) in [5.74, 6) is 1.73. The standard InChI is InChI=1S/C31H32N4O5.C14H14N2O2/c1-18-8-21-14-32-25-12-27(20(3)10-23(25)30(36)34(21)16-18)39-6-5-7-40-29-13-26-24(11-28(29)38-4)31(37)35-17-19(2)9-22(35)15-33-26;1-8-3-10-6-15-12-5-13(17)9(2)4-11(12)14(18)16(10)7-8/h10-15,21-22H,1-2,5-9,16-17H2,3-4H3;4-6,10,17H,1,3,7H2,2H3/t21-,22-;10-/m00/s1. The number of hydrogen-bond donors (Lipinski definition) is 1. The first-order valence-electron chi connectivity index (χ1n) is 19.4. The smallest absolute Gasteiger partial charge is 0.257 e. The summed E-state index contributed by atoms with van der Waals surface area (Å²) in [4.78, 5) is 57.6. The van der Waals surface area contributed by atoms with Crippen LogP contribution in [0.2, 0.25) is 0 Å². The molecule has 0 aliphatic carbocycles. The van der Waals surface area contributed by atoms with E-state index in [9.17, 15) is 19.5 Å². The van der Waals surface area contributed by atoms with Crippen LogP contribution in [-0.4, -0.2) is 114 Å². The maximum atomic E-state index is 13.2. The molecule has 0 radical (unpaired) electrons. The van der Waals surface area contributed by atoms with Crippen molar-refractivity contribution in [3.63, 3.8) is 0 Å². The van der Waals surface area contributed by atoms with Gasteiger partial charge in [-0.2, -0.15) is 0 Å². The molecule has 298 valence electrons. The number of aliphatic imine (C=N–C) groups is 3. The normalized spacial score (nSPS) is 21.3. The van der Waals surface area contributed by atoms with Gasteiger partial charge in [0.1, 0.15) is 11.5 Å². The Morgan fingerprint density at radius 1 is 0.603 bits per heavy atom. The Labute approximate surface area is 337 Å². The molecule has 6 aliphatic heterocycles. The third-order valence-corrected chi connectivity index (χ3v) is 11.2. The van der Waals surface area contributed by atoms with Crippen molar-refractivity contribution in [3.05, 3.63) is 101 Å².